The number of nitrogens with two attached hydrogens (primary N) is 1. The van der Waals surface area contributed by atoms with Gasteiger partial charge in [-0.25, -0.2) is 9.97 Å². The minimum Gasteiger partial charge on any atom is -0.384 e. The Kier molecular flexibility index (Phi) is 4.86. The SMILES string of the molecule is Cc1cc(N)nc(SCC(=O)N2CC(C)CC(C)C2)n1. The molecule has 2 rings (SSSR count). The van der Waals surface area contributed by atoms with Gasteiger partial charge in [0, 0.05) is 24.8 Å². The van der Waals surface area contributed by atoms with Crippen LogP contribution in [0.4, 0.5) is 5.82 Å². The van der Waals surface area contributed by atoms with E-state index in [1.165, 1.54) is 18.2 Å². The number of carbonyl (C=O) groups is 1. The van der Waals surface area contributed by atoms with Crippen molar-refractivity contribution in [3.8, 4) is 0 Å². The molecule has 110 valence electrons. The van der Waals surface area contributed by atoms with Crippen molar-refractivity contribution in [3.05, 3.63) is 11.8 Å². The third-order valence-corrected chi connectivity index (χ3v) is 4.23. The first-order valence-corrected chi connectivity index (χ1v) is 7.94. The van der Waals surface area contributed by atoms with Crippen molar-refractivity contribution >= 4 is 23.5 Å². The van der Waals surface area contributed by atoms with Gasteiger partial charge in [0.2, 0.25) is 5.91 Å². The maximum absolute atomic E-state index is 12.3. The van der Waals surface area contributed by atoms with Crippen LogP contribution in [0.5, 0.6) is 0 Å². The van der Waals surface area contributed by atoms with Crippen LogP contribution in [0.3, 0.4) is 0 Å². The largest absolute Gasteiger partial charge is 0.384 e. The number of nitrogens with zero attached hydrogens (tertiary/aromatic N) is 3. The molecule has 0 bridgehead atoms. The van der Waals surface area contributed by atoms with Crippen LogP contribution < -0.4 is 5.73 Å². The number of likely N-dealkylation sites (tertiary alicyclic amines) is 1. The Morgan fingerprint density at radius 2 is 2.05 bits per heavy atom. The van der Waals surface area contributed by atoms with E-state index >= 15 is 0 Å². The number of piperidine rings is 1. The second-order valence-electron chi connectivity index (χ2n) is 5.75. The van der Waals surface area contributed by atoms with Gasteiger partial charge in [-0.1, -0.05) is 25.6 Å². The standard InChI is InChI=1S/C14H22N4OS/c1-9-4-10(2)7-18(6-9)13(19)8-20-14-16-11(3)5-12(15)17-14/h5,9-10H,4,6-8H2,1-3H3,(H2,15,16,17). The monoisotopic (exact) mass is 294 g/mol. The van der Waals surface area contributed by atoms with Crippen molar-refractivity contribution in [2.75, 3.05) is 24.6 Å². The van der Waals surface area contributed by atoms with Crippen LogP contribution in [0.2, 0.25) is 0 Å². The van der Waals surface area contributed by atoms with E-state index in [0.29, 0.717) is 28.6 Å². The molecule has 2 atom stereocenters. The first kappa shape index (κ1) is 15.1. The number of hydrogen-bond acceptors (Lipinski definition) is 5. The van der Waals surface area contributed by atoms with Gasteiger partial charge in [-0.15, -0.1) is 0 Å². The fourth-order valence-electron chi connectivity index (χ4n) is 2.71. The maximum Gasteiger partial charge on any atom is 0.233 e. The molecule has 0 radical (unpaired) electrons. The van der Waals surface area contributed by atoms with Gasteiger partial charge in [0.1, 0.15) is 5.82 Å². The minimum absolute atomic E-state index is 0.164. The average molecular weight is 294 g/mol. The molecule has 1 aliphatic rings. The zero-order chi connectivity index (χ0) is 14.7. The predicted octanol–water partition coefficient (Wildman–Crippen LogP) is 1.96. The molecule has 2 unspecified atom stereocenters. The van der Waals surface area contributed by atoms with E-state index in [9.17, 15) is 4.79 Å². The van der Waals surface area contributed by atoms with Gasteiger partial charge in [0.15, 0.2) is 5.16 Å². The second-order valence-corrected chi connectivity index (χ2v) is 6.69. The van der Waals surface area contributed by atoms with Gasteiger partial charge >= 0.3 is 0 Å². The summed E-state index contributed by atoms with van der Waals surface area (Å²) in [4.78, 5) is 22.6. The Hall–Kier alpha value is -1.30. The Bertz CT molecular complexity index is 464. The van der Waals surface area contributed by atoms with Gasteiger partial charge < -0.3 is 10.6 Å². The van der Waals surface area contributed by atoms with Crippen molar-refractivity contribution < 1.29 is 4.79 Å². The van der Waals surface area contributed by atoms with Gasteiger partial charge in [-0.2, -0.15) is 0 Å². The van der Waals surface area contributed by atoms with Crippen LogP contribution in [0.15, 0.2) is 11.2 Å². The first-order chi connectivity index (χ1) is 9.44. The Morgan fingerprint density at radius 3 is 2.65 bits per heavy atom. The van der Waals surface area contributed by atoms with Crippen molar-refractivity contribution in [2.45, 2.75) is 32.3 Å². The zero-order valence-electron chi connectivity index (χ0n) is 12.3. The Balaban J connectivity index is 1.91. The van der Waals surface area contributed by atoms with Crippen LogP contribution in [-0.4, -0.2) is 39.6 Å². The molecule has 1 amide bonds. The minimum atomic E-state index is 0.164. The summed E-state index contributed by atoms with van der Waals surface area (Å²) in [6.45, 7) is 8.00. The quantitative estimate of drug-likeness (QED) is 0.681. The number of aromatic nitrogens is 2. The van der Waals surface area contributed by atoms with E-state index in [2.05, 4.69) is 23.8 Å². The van der Waals surface area contributed by atoms with E-state index in [1.54, 1.807) is 6.07 Å². The number of thioether (sulfide) groups is 1. The lowest BCUT2D eigenvalue weighted by atomic mass is 9.92. The second kappa shape index (κ2) is 6.43. The summed E-state index contributed by atoms with van der Waals surface area (Å²) < 4.78 is 0. The van der Waals surface area contributed by atoms with Crippen molar-refractivity contribution in [1.29, 1.82) is 0 Å². The summed E-state index contributed by atoms with van der Waals surface area (Å²) >= 11 is 1.36. The number of amides is 1. The molecule has 2 N–H and O–H groups in total. The van der Waals surface area contributed by atoms with Crippen LogP contribution in [0, 0.1) is 18.8 Å². The fraction of sp³-hybridized carbons (Fsp3) is 0.643. The fourth-order valence-corrected chi connectivity index (χ4v) is 3.53. The molecule has 1 aliphatic heterocycles. The van der Waals surface area contributed by atoms with E-state index in [1.807, 2.05) is 11.8 Å². The summed E-state index contributed by atoms with van der Waals surface area (Å²) in [5, 5.41) is 0.578. The molecular weight excluding hydrogens is 272 g/mol. The summed E-state index contributed by atoms with van der Waals surface area (Å²) in [5.74, 6) is 2.16. The number of rotatable bonds is 3. The molecule has 0 aliphatic carbocycles. The molecular formula is C14H22N4OS. The molecule has 1 aromatic heterocycles. The predicted molar refractivity (Wildman–Crippen MR) is 81.4 cm³/mol. The number of anilines is 1. The summed E-state index contributed by atoms with van der Waals surface area (Å²) in [5.41, 5.74) is 6.51. The normalized spacial score (nSPS) is 22.9. The Morgan fingerprint density at radius 1 is 1.40 bits per heavy atom. The number of carbonyl (C=O) groups excluding carboxylic acids is 1. The smallest absolute Gasteiger partial charge is 0.233 e. The van der Waals surface area contributed by atoms with E-state index in [-0.39, 0.29) is 5.91 Å². The van der Waals surface area contributed by atoms with Crippen LogP contribution in [-0.2, 0) is 4.79 Å². The molecule has 1 fully saturated rings. The van der Waals surface area contributed by atoms with Gasteiger partial charge in [-0.3, -0.25) is 4.79 Å². The molecule has 6 heteroatoms. The molecule has 20 heavy (non-hydrogen) atoms. The topological polar surface area (TPSA) is 72.1 Å². The highest BCUT2D eigenvalue weighted by atomic mass is 32.2. The van der Waals surface area contributed by atoms with Gasteiger partial charge in [-0.05, 0) is 25.2 Å². The van der Waals surface area contributed by atoms with Crippen molar-refractivity contribution in [2.24, 2.45) is 11.8 Å². The molecule has 1 aromatic rings. The highest BCUT2D eigenvalue weighted by Gasteiger charge is 2.25. The molecule has 0 spiro atoms. The summed E-state index contributed by atoms with van der Waals surface area (Å²) in [7, 11) is 0. The van der Waals surface area contributed by atoms with Crippen molar-refractivity contribution in [1.82, 2.24) is 14.9 Å². The van der Waals surface area contributed by atoms with Crippen molar-refractivity contribution in [3.63, 3.8) is 0 Å². The van der Waals surface area contributed by atoms with Crippen LogP contribution in [0.25, 0.3) is 0 Å². The highest BCUT2D eigenvalue weighted by molar-refractivity contribution is 7.99. The van der Waals surface area contributed by atoms with Crippen LogP contribution in [0.1, 0.15) is 26.0 Å². The summed E-state index contributed by atoms with van der Waals surface area (Å²) in [6, 6.07) is 1.72. The number of nitrogen functional groups attached to an aromatic ring is 1. The molecule has 2 heterocycles. The molecule has 1 saturated heterocycles. The highest BCUT2D eigenvalue weighted by Crippen LogP contribution is 2.22. The van der Waals surface area contributed by atoms with E-state index in [0.717, 1.165) is 18.8 Å². The van der Waals surface area contributed by atoms with Gasteiger partial charge in [0.25, 0.3) is 0 Å². The average Bonchev–Trinajstić information content (AvgIpc) is 2.33. The van der Waals surface area contributed by atoms with E-state index < -0.39 is 0 Å². The molecule has 0 saturated carbocycles. The van der Waals surface area contributed by atoms with E-state index in [4.69, 9.17) is 5.73 Å². The third kappa shape index (κ3) is 4.10. The van der Waals surface area contributed by atoms with Gasteiger partial charge in [0.05, 0.1) is 5.75 Å². The Labute approximate surface area is 124 Å². The summed E-state index contributed by atoms with van der Waals surface area (Å²) in [6.07, 6.45) is 1.20. The molecule has 5 nitrogen and oxygen atoms in total. The first-order valence-electron chi connectivity index (χ1n) is 6.95. The number of aryl methyl sites for hydroxylation is 1. The lowest BCUT2D eigenvalue weighted by Crippen LogP contribution is -2.43. The molecule has 0 aromatic carbocycles. The maximum atomic E-state index is 12.3. The lowest BCUT2D eigenvalue weighted by Gasteiger charge is -2.34. The zero-order valence-corrected chi connectivity index (χ0v) is 13.1. The number of hydrogen-bond donors (Lipinski definition) is 1. The van der Waals surface area contributed by atoms with Crippen LogP contribution >= 0.6 is 11.8 Å². The third-order valence-electron chi connectivity index (χ3n) is 3.40. The lowest BCUT2D eigenvalue weighted by molar-refractivity contribution is -0.130.